The van der Waals surface area contributed by atoms with Gasteiger partial charge in [-0.1, -0.05) is 6.92 Å². The van der Waals surface area contributed by atoms with E-state index in [4.69, 9.17) is 4.42 Å². The molecule has 1 fully saturated rings. The maximum atomic E-state index is 5.90. The molecule has 4 nitrogen and oxygen atoms in total. The predicted octanol–water partition coefficient (Wildman–Crippen LogP) is 2.31. The Morgan fingerprint density at radius 3 is 2.95 bits per heavy atom. The van der Waals surface area contributed by atoms with Crippen LogP contribution in [-0.2, 0) is 13.1 Å². The van der Waals surface area contributed by atoms with E-state index in [9.17, 15) is 0 Å². The zero-order valence-corrected chi connectivity index (χ0v) is 13.2. The molecule has 0 radical (unpaired) electrons. The van der Waals surface area contributed by atoms with Gasteiger partial charge in [-0.3, -0.25) is 4.90 Å². The molecule has 0 aliphatic carbocycles. The number of hydrogen-bond donors (Lipinski definition) is 1. The molecule has 0 spiro atoms. The van der Waals surface area contributed by atoms with E-state index in [2.05, 4.69) is 48.3 Å². The first kappa shape index (κ1) is 15.5. The number of hydrogen-bond acceptors (Lipinski definition) is 4. The minimum atomic E-state index is 0.653. The Kier molecular flexibility index (Phi) is 6.07. The van der Waals surface area contributed by atoms with Crippen LogP contribution in [0.5, 0.6) is 0 Å². The van der Waals surface area contributed by atoms with Gasteiger partial charge >= 0.3 is 0 Å². The van der Waals surface area contributed by atoms with Gasteiger partial charge in [-0.25, -0.2) is 0 Å². The standard InChI is InChI=1S/C16H29N3O/c1-4-9-17-11-15-7-8-16(20-15)13-19(3)14-6-5-10-18(2)12-14/h7-8,14,17H,4-6,9-13H2,1-3H3. The molecule has 0 aromatic carbocycles. The van der Waals surface area contributed by atoms with E-state index in [1.807, 2.05) is 0 Å². The van der Waals surface area contributed by atoms with E-state index in [1.165, 1.54) is 25.9 Å². The lowest BCUT2D eigenvalue weighted by Crippen LogP contribution is -2.44. The lowest BCUT2D eigenvalue weighted by molar-refractivity contribution is 0.123. The molecule has 2 rings (SSSR count). The molecule has 1 aliphatic heterocycles. The molecule has 20 heavy (non-hydrogen) atoms. The van der Waals surface area contributed by atoms with Crippen molar-refractivity contribution in [3.8, 4) is 0 Å². The van der Waals surface area contributed by atoms with Gasteiger partial charge in [-0.2, -0.15) is 0 Å². The molecule has 1 unspecified atom stereocenters. The average Bonchev–Trinajstić information content (AvgIpc) is 2.86. The molecule has 1 aromatic rings. The quantitative estimate of drug-likeness (QED) is 0.776. The molecule has 2 heterocycles. The second-order valence-electron chi connectivity index (χ2n) is 6.02. The van der Waals surface area contributed by atoms with Crippen LogP contribution in [0.15, 0.2) is 16.5 Å². The predicted molar refractivity (Wildman–Crippen MR) is 82.7 cm³/mol. The summed E-state index contributed by atoms with van der Waals surface area (Å²) >= 11 is 0. The van der Waals surface area contributed by atoms with Gasteiger partial charge in [0.05, 0.1) is 13.1 Å². The number of nitrogens with one attached hydrogen (secondary N) is 1. The van der Waals surface area contributed by atoms with E-state index < -0.39 is 0 Å². The first-order chi connectivity index (χ1) is 9.69. The molecule has 1 atom stereocenters. The highest BCUT2D eigenvalue weighted by atomic mass is 16.3. The van der Waals surface area contributed by atoms with E-state index >= 15 is 0 Å². The van der Waals surface area contributed by atoms with E-state index in [0.717, 1.165) is 37.6 Å². The number of nitrogens with zero attached hydrogens (tertiary/aromatic N) is 2. The molecule has 0 bridgehead atoms. The van der Waals surface area contributed by atoms with Crippen LogP contribution >= 0.6 is 0 Å². The number of likely N-dealkylation sites (tertiary alicyclic amines) is 1. The van der Waals surface area contributed by atoms with Crippen LogP contribution in [0.4, 0.5) is 0 Å². The van der Waals surface area contributed by atoms with Gasteiger partial charge in [0.15, 0.2) is 0 Å². The highest BCUT2D eigenvalue weighted by Crippen LogP contribution is 2.17. The summed E-state index contributed by atoms with van der Waals surface area (Å²) in [5, 5.41) is 3.37. The Morgan fingerprint density at radius 2 is 2.20 bits per heavy atom. The van der Waals surface area contributed by atoms with Crippen LogP contribution in [0, 0.1) is 0 Å². The normalized spacial score (nSPS) is 20.7. The Hall–Kier alpha value is -0.840. The number of rotatable bonds is 7. The van der Waals surface area contributed by atoms with Crippen molar-refractivity contribution < 1.29 is 4.42 Å². The second kappa shape index (κ2) is 7.81. The Morgan fingerprint density at radius 1 is 1.40 bits per heavy atom. The van der Waals surface area contributed by atoms with Gasteiger partial charge in [-0.05, 0) is 58.6 Å². The summed E-state index contributed by atoms with van der Waals surface area (Å²) in [7, 11) is 4.42. The van der Waals surface area contributed by atoms with Gasteiger partial charge in [-0.15, -0.1) is 0 Å². The molecule has 1 saturated heterocycles. The summed E-state index contributed by atoms with van der Waals surface area (Å²) in [4.78, 5) is 4.85. The van der Waals surface area contributed by atoms with Crippen molar-refractivity contribution in [2.75, 3.05) is 33.7 Å². The Balaban J connectivity index is 1.80. The van der Waals surface area contributed by atoms with Crippen LogP contribution < -0.4 is 5.32 Å². The van der Waals surface area contributed by atoms with E-state index in [1.54, 1.807) is 0 Å². The third-order valence-electron chi connectivity index (χ3n) is 4.07. The highest BCUT2D eigenvalue weighted by Gasteiger charge is 2.21. The molecule has 0 saturated carbocycles. The topological polar surface area (TPSA) is 31.6 Å². The lowest BCUT2D eigenvalue weighted by atomic mass is 10.1. The lowest BCUT2D eigenvalue weighted by Gasteiger charge is -2.35. The third-order valence-corrected chi connectivity index (χ3v) is 4.07. The maximum absolute atomic E-state index is 5.90. The highest BCUT2D eigenvalue weighted by molar-refractivity contribution is 5.07. The van der Waals surface area contributed by atoms with Crippen LogP contribution in [0.25, 0.3) is 0 Å². The summed E-state index contributed by atoms with van der Waals surface area (Å²) in [6, 6.07) is 4.87. The first-order valence-corrected chi connectivity index (χ1v) is 7.86. The van der Waals surface area contributed by atoms with E-state index in [-0.39, 0.29) is 0 Å². The van der Waals surface area contributed by atoms with Gasteiger partial charge < -0.3 is 14.6 Å². The SMILES string of the molecule is CCCNCc1ccc(CN(C)C2CCCN(C)C2)o1. The van der Waals surface area contributed by atoms with Crippen molar-refractivity contribution in [1.82, 2.24) is 15.1 Å². The van der Waals surface area contributed by atoms with Crippen LogP contribution in [0.1, 0.15) is 37.7 Å². The number of furan rings is 1. The Bertz CT molecular complexity index is 391. The number of likely N-dealkylation sites (N-methyl/N-ethyl adjacent to an activating group) is 2. The number of piperidine rings is 1. The zero-order chi connectivity index (χ0) is 14.4. The minimum absolute atomic E-state index is 0.653. The van der Waals surface area contributed by atoms with Crippen LogP contribution in [-0.4, -0.2) is 49.6 Å². The fourth-order valence-electron chi connectivity index (χ4n) is 2.86. The Labute approximate surface area is 123 Å². The van der Waals surface area contributed by atoms with Gasteiger partial charge in [0.25, 0.3) is 0 Å². The summed E-state index contributed by atoms with van der Waals surface area (Å²) in [5.41, 5.74) is 0. The van der Waals surface area contributed by atoms with Gasteiger partial charge in [0.2, 0.25) is 0 Å². The molecule has 114 valence electrons. The van der Waals surface area contributed by atoms with Gasteiger partial charge in [0, 0.05) is 12.6 Å². The van der Waals surface area contributed by atoms with Crippen molar-refractivity contribution >= 4 is 0 Å². The van der Waals surface area contributed by atoms with Gasteiger partial charge in [0.1, 0.15) is 11.5 Å². The molecule has 0 amide bonds. The smallest absolute Gasteiger partial charge is 0.118 e. The van der Waals surface area contributed by atoms with Crippen molar-refractivity contribution in [3.63, 3.8) is 0 Å². The second-order valence-corrected chi connectivity index (χ2v) is 6.02. The monoisotopic (exact) mass is 279 g/mol. The molecular weight excluding hydrogens is 250 g/mol. The fraction of sp³-hybridized carbons (Fsp3) is 0.750. The largest absolute Gasteiger partial charge is 0.463 e. The van der Waals surface area contributed by atoms with Crippen molar-refractivity contribution in [1.29, 1.82) is 0 Å². The van der Waals surface area contributed by atoms with Crippen LogP contribution in [0.2, 0.25) is 0 Å². The summed E-state index contributed by atoms with van der Waals surface area (Å²) in [6.45, 7) is 7.37. The zero-order valence-electron chi connectivity index (χ0n) is 13.2. The third kappa shape index (κ3) is 4.62. The fourth-order valence-corrected chi connectivity index (χ4v) is 2.86. The maximum Gasteiger partial charge on any atom is 0.118 e. The molecule has 1 aromatic heterocycles. The average molecular weight is 279 g/mol. The molecule has 1 N–H and O–H groups in total. The summed E-state index contributed by atoms with van der Waals surface area (Å²) in [5.74, 6) is 2.12. The summed E-state index contributed by atoms with van der Waals surface area (Å²) < 4.78 is 5.90. The first-order valence-electron chi connectivity index (χ1n) is 7.86. The molecular formula is C16H29N3O. The van der Waals surface area contributed by atoms with Crippen molar-refractivity contribution in [2.24, 2.45) is 0 Å². The minimum Gasteiger partial charge on any atom is -0.463 e. The molecule has 4 heteroatoms. The molecule has 1 aliphatic rings. The van der Waals surface area contributed by atoms with Crippen molar-refractivity contribution in [3.05, 3.63) is 23.7 Å². The van der Waals surface area contributed by atoms with Crippen molar-refractivity contribution in [2.45, 2.75) is 45.3 Å². The van der Waals surface area contributed by atoms with Crippen LogP contribution in [0.3, 0.4) is 0 Å². The summed E-state index contributed by atoms with van der Waals surface area (Å²) in [6.07, 6.45) is 3.76. The van der Waals surface area contributed by atoms with E-state index in [0.29, 0.717) is 6.04 Å².